The molecule has 4 nitrogen and oxygen atoms in total. The fourth-order valence-electron chi connectivity index (χ4n) is 1.19. The van der Waals surface area contributed by atoms with Gasteiger partial charge in [0.2, 0.25) is 0 Å². The van der Waals surface area contributed by atoms with E-state index in [1.807, 2.05) is 18.2 Å². The summed E-state index contributed by atoms with van der Waals surface area (Å²) in [4.78, 5) is 15.1. The number of aryl methyl sites for hydroxylation is 1. The van der Waals surface area contributed by atoms with Crippen LogP contribution >= 0.6 is 0 Å². The largest absolute Gasteiger partial charge is 0.450 e. The summed E-state index contributed by atoms with van der Waals surface area (Å²) in [6, 6.07) is 5.83. The van der Waals surface area contributed by atoms with Gasteiger partial charge in [0.05, 0.1) is 6.61 Å². The molecule has 1 heterocycles. The molecular weight excluding hydrogens is 192 g/mol. The summed E-state index contributed by atoms with van der Waals surface area (Å²) >= 11 is 0. The SMILES string of the molecule is CCOC(=O)NCCCc1ccccn1. The fraction of sp³-hybridized carbons (Fsp3) is 0.455. The van der Waals surface area contributed by atoms with E-state index in [0.717, 1.165) is 18.5 Å². The van der Waals surface area contributed by atoms with E-state index in [9.17, 15) is 4.79 Å². The van der Waals surface area contributed by atoms with Crippen molar-refractivity contribution in [3.63, 3.8) is 0 Å². The summed E-state index contributed by atoms with van der Waals surface area (Å²) in [6.45, 7) is 2.81. The van der Waals surface area contributed by atoms with Crippen LogP contribution in [0.25, 0.3) is 0 Å². The number of alkyl carbamates (subject to hydrolysis) is 1. The first kappa shape index (κ1) is 11.5. The number of rotatable bonds is 5. The van der Waals surface area contributed by atoms with Crippen molar-refractivity contribution in [1.29, 1.82) is 0 Å². The molecular formula is C11H16N2O2. The molecule has 0 unspecified atom stereocenters. The highest BCUT2D eigenvalue weighted by Crippen LogP contribution is 1.97. The fourth-order valence-corrected chi connectivity index (χ4v) is 1.19. The van der Waals surface area contributed by atoms with Gasteiger partial charge in [0.15, 0.2) is 0 Å². The maximum atomic E-state index is 10.9. The average molecular weight is 208 g/mol. The molecule has 0 aromatic carbocycles. The summed E-state index contributed by atoms with van der Waals surface area (Å²) in [5.74, 6) is 0. The van der Waals surface area contributed by atoms with Crippen LogP contribution in [0.3, 0.4) is 0 Å². The zero-order chi connectivity index (χ0) is 10.9. The Labute approximate surface area is 89.7 Å². The minimum Gasteiger partial charge on any atom is -0.450 e. The summed E-state index contributed by atoms with van der Waals surface area (Å²) in [5, 5.41) is 2.66. The third-order valence-corrected chi connectivity index (χ3v) is 1.88. The number of aromatic nitrogens is 1. The number of pyridine rings is 1. The van der Waals surface area contributed by atoms with Crippen molar-refractivity contribution in [2.24, 2.45) is 0 Å². The second-order valence-electron chi connectivity index (χ2n) is 3.07. The zero-order valence-corrected chi connectivity index (χ0v) is 8.90. The van der Waals surface area contributed by atoms with Crippen LogP contribution in [0.1, 0.15) is 19.0 Å². The minimum absolute atomic E-state index is 0.349. The Morgan fingerprint density at radius 2 is 2.40 bits per heavy atom. The topological polar surface area (TPSA) is 51.2 Å². The Morgan fingerprint density at radius 3 is 3.07 bits per heavy atom. The molecule has 4 heteroatoms. The highest BCUT2D eigenvalue weighted by atomic mass is 16.5. The number of ether oxygens (including phenoxy) is 1. The first-order valence-electron chi connectivity index (χ1n) is 5.13. The van der Waals surface area contributed by atoms with Crippen molar-refractivity contribution >= 4 is 6.09 Å². The van der Waals surface area contributed by atoms with Crippen LogP contribution in [-0.2, 0) is 11.2 Å². The van der Waals surface area contributed by atoms with E-state index in [1.165, 1.54) is 0 Å². The van der Waals surface area contributed by atoms with Gasteiger partial charge in [-0.25, -0.2) is 4.79 Å². The number of hydrogen-bond acceptors (Lipinski definition) is 3. The third-order valence-electron chi connectivity index (χ3n) is 1.88. The van der Waals surface area contributed by atoms with E-state index in [4.69, 9.17) is 4.74 Å². The molecule has 0 radical (unpaired) electrons. The summed E-state index contributed by atoms with van der Waals surface area (Å²) < 4.78 is 4.73. The normalized spacial score (nSPS) is 9.67. The predicted molar refractivity (Wildman–Crippen MR) is 57.6 cm³/mol. The molecule has 0 fully saturated rings. The van der Waals surface area contributed by atoms with E-state index in [-0.39, 0.29) is 6.09 Å². The van der Waals surface area contributed by atoms with Crippen molar-refractivity contribution in [3.8, 4) is 0 Å². The van der Waals surface area contributed by atoms with Crippen LogP contribution in [0.5, 0.6) is 0 Å². The van der Waals surface area contributed by atoms with Gasteiger partial charge in [0, 0.05) is 18.4 Å². The molecule has 0 aliphatic rings. The molecule has 1 aromatic heterocycles. The van der Waals surface area contributed by atoms with Crippen LogP contribution < -0.4 is 5.32 Å². The molecule has 1 N–H and O–H groups in total. The van der Waals surface area contributed by atoms with Crippen LogP contribution in [0.4, 0.5) is 4.79 Å². The molecule has 0 aliphatic carbocycles. The van der Waals surface area contributed by atoms with E-state index in [0.29, 0.717) is 13.2 Å². The van der Waals surface area contributed by atoms with Gasteiger partial charge < -0.3 is 10.1 Å². The molecule has 1 aromatic rings. The zero-order valence-electron chi connectivity index (χ0n) is 8.90. The van der Waals surface area contributed by atoms with Crippen LogP contribution in [0.15, 0.2) is 24.4 Å². The molecule has 1 rings (SSSR count). The summed E-state index contributed by atoms with van der Waals surface area (Å²) in [6.07, 6.45) is 3.16. The van der Waals surface area contributed by atoms with Crippen molar-refractivity contribution in [2.45, 2.75) is 19.8 Å². The number of carbonyl (C=O) groups is 1. The van der Waals surface area contributed by atoms with E-state index < -0.39 is 0 Å². The van der Waals surface area contributed by atoms with Crippen molar-refractivity contribution < 1.29 is 9.53 Å². The first-order chi connectivity index (χ1) is 7.33. The molecule has 15 heavy (non-hydrogen) atoms. The minimum atomic E-state index is -0.349. The number of carbonyl (C=O) groups excluding carboxylic acids is 1. The molecule has 82 valence electrons. The third kappa shape index (κ3) is 5.00. The predicted octanol–water partition coefficient (Wildman–Crippen LogP) is 1.76. The van der Waals surface area contributed by atoms with E-state index in [2.05, 4.69) is 10.3 Å². The standard InChI is InChI=1S/C11H16N2O2/c1-2-15-11(14)13-9-5-7-10-6-3-4-8-12-10/h3-4,6,8H,2,5,7,9H2,1H3,(H,13,14). The molecule has 0 bridgehead atoms. The number of nitrogens with zero attached hydrogens (tertiary/aromatic N) is 1. The second-order valence-corrected chi connectivity index (χ2v) is 3.07. The molecule has 0 saturated carbocycles. The Balaban J connectivity index is 2.10. The van der Waals surface area contributed by atoms with Gasteiger partial charge in [-0.3, -0.25) is 4.98 Å². The lowest BCUT2D eigenvalue weighted by Crippen LogP contribution is -2.25. The lowest BCUT2D eigenvalue weighted by atomic mass is 10.2. The van der Waals surface area contributed by atoms with Crippen LogP contribution in [-0.4, -0.2) is 24.2 Å². The van der Waals surface area contributed by atoms with Crippen molar-refractivity contribution in [3.05, 3.63) is 30.1 Å². The molecule has 0 spiro atoms. The van der Waals surface area contributed by atoms with Crippen molar-refractivity contribution in [2.75, 3.05) is 13.2 Å². The Kier molecular flexibility index (Phi) is 5.22. The summed E-state index contributed by atoms with van der Waals surface area (Å²) in [5.41, 5.74) is 1.04. The van der Waals surface area contributed by atoms with Crippen molar-refractivity contribution in [1.82, 2.24) is 10.3 Å². The maximum Gasteiger partial charge on any atom is 0.407 e. The quantitative estimate of drug-likeness (QED) is 0.750. The average Bonchev–Trinajstić information content (AvgIpc) is 2.26. The molecule has 1 amide bonds. The molecule has 0 aliphatic heterocycles. The van der Waals surface area contributed by atoms with Gasteiger partial charge in [-0.1, -0.05) is 6.07 Å². The monoisotopic (exact) mass is 208 g/mol. The van der Waals surface area contributed by atoms with E-state index >= 15 is 0 Å². The van der Waals surface area contributed by atoms with Gasteiger partial charge in [-0.05, 0) is 31.9 Å². The van der Waals surface area contributed by atoms with Gasteiger partial charge in [-0.15, -0.1) is 0 Å². The van der Waals surface area contributed by atoms with Crippen LogP contribution in [0.2, 0.25) is 0 Å². The Bertz CT molecular complexity index is 288. The lowest BCUT2D eigenvalue weighted by Gasteiger charge is -2.04. The van der Waals surface area contributed by atoms with Gasteiger partial charge >= 0.3 is 6.09 Å². The highest BCUT2D eigenvalue weighted by molar-refractivity contribution is 5.66. The van der Waals surface area contributed by atoms with Gasteiger partial charge in [-0.2, -0.15) is 0 Å². The molecule has 0 saturated heterocycles. The summed E-state index contributed by atoms with van der Waals surface area (Å²) in [7, 11) is 0. The van der Waals surface area contributed by atoms with E-state index in [1.54, 1.807) is 13.1 Å². The maximum absolute atomic E-state index is 10.9. The smallest absolute Gasteiger partial charge is 0.407 e. The van der Waals surface area contributed by atoms with Crippen LogP contribution in [0, 0.1) is 0 Å². The van der Waals surface area contributed by atoms with Gasteiger partial charge in [0.25, 0.3) is 0 Å². The lowest BCUT2D eigenvalue weighted by molar-refractivity contribution is 0.152. The first-order valence-corrected chi connectivity index (χ1v) is 5.13. The number of nitrogens with one attached hydrogen (secondary N) is 1. The molecule has 0 atom stereocenters. The number of hydrogen-bond donors (Lipinski definition) is 1. The second kappa shape index (κ2) is 6.81. The van der Waals surface area contributed by atoms with Gasteiger partial charge in [0.1, 0.15) is 0 Å². The number of amides is 1. The highest BCUT2D eigenvalue weighted by Gasteiger charge is 1.98. The Morgan fingerprint density at radius 1 is 1.53 bits per heavy atom. The Hall–Kier alpha value is -1.58.